The zero-order chi connectivity index (χ0) is 21.2. The molecule has 29 heavy (non-hydrogen) atoms. The molecular formula is C23H30N2O3S. The number of anilines is 1. The van der Waals surface area contributed by atoms with Gasteiger partial charge in [0, 0.05) is 24.7 Å². The number of benzene rings is 2. The maximum absolute atomic E-state index is 13.3. The van der Waals surface area contributed by atoms with Gasteiger partial charge in [-0.1, -0.05) is 44.5 Å². The van der Waals surface area contributed by atoms with E-state index in [1.54, 1.807) is 42.5 Å². The minimum absolute atomic E-state index is 0.0836. The zero-order valence-corrected chi connectivity index (χ0v) is 18.4. The summed E-state index contributed by atoms with van der Waals surface area (Å²) in [5.41, 5.74) is 1.00. The maximum atomic E-state index is 13.3. The number of amides is 1. The Balaban J connectivity index is 1.91. The van der Waals surface area contributed by atoms with Gasteiger partial charge in [0.1, 0.15) is 0 Å². The van der Waals surface area contributed by atoms with Crippen molar-refractivity contribution in [3.05, 3.63) is 60.2 Å². The normalized spacial score (nSPS) is 16.1. The number of para-hydroxylation sites is 1. The van der Waals surface area contributed by atoms with E-state index in [0.717, 1.165) is 19.3 Å². The first-order valence-electron chi connectivity index (χ1n) is 10.2. The van der Waals surface area contributed by atoms with Crippen LogP contribution in [0.2, 0.25) is 0 Å². The lowest BCUT2D eigenvalue weighted by Crippen LogP contribution is -2.43. The third-order valence-electron chi connectivity index (χ3n) is 5.94. The summed E-state index contributed by atoms with van der Waals surface area (Å²) >= 11 is 0. The number of rotatable bonds is 8. The van der Waals surface area contributed by atoms with Crippen LogP contribution in [0.5, 0.6) is 0 Å². The van der Waals surface area contributed by atoms with Gasteiger partial charge in [-0.3, -0.25) is 9.10 Å². The van der Waals surface area contributed by atoms with Crippen molar-refractivity contribution in [2.24, 2.45) is 5.92 Å². The summed E-state index contributed by atoms with van der Waals surface area (Å²) in [4.78, 5) is 15.4. The number of nitrogens with zero attached hydrogens (tertiary/aromatic N) is 2. The lowest BCUT2D eigenvalue weighted by Gasteiger charge is -2.33. The van der Waals surface area contributed by atoms with Gasteiger partial charge in [0.15, 0.2) is 0 Å². The first-order valence-corrected chi connectivity index (χ1v) is 11.7. The third-order valence-corrected chi connectivity index (χ3v) is 7.72. The third kappa shape index (κ3) is 4.47. The molecule has 0 aromatic heterocycles. The van der Waals surface area contributed by atoms with E-state index in [1.807, 2.05) is 11.0 Å². The lowest BCUT2D eigenvalue weighted by atomic mass is 9.98. The monoisotopic (exact) mass is 414 g/mol. The summed E-state index contributed by atoms with van der Waals surface area (Å²) in [6.45, 7) is 6.38. The average Bonchev–Trinajstić information content (AvgIpc) is 3.58. The Kier molecular flexibility index (Phi) is 6.32. The van der Waals surface area contributed by atoms with Crippen LogP contribution in [0.25, 0.3) is 0 Å². The van der Waals surface area contributed by atoms with Crippen LogP contribution < -0.4 is 4.31 Å². The largest absolute Gasteiger partial charge is 0.333 e. The molecule has 1 aliphatic carbocycles. The van der Waals surface area contributed by atoms with Crippen molar-refractivity contribution in [2.75, 3.05) is 11.4 Å². The Labute approximate surface area is 174 Å². The summed E-state index contributed by atoms with van der Waals surface area (Å²) in [5, 5.41) is 0. The lowest BCUT2D eigenvalue weighted by molar-refractivity contribution is 0.0615. The SMILES string of the molecule is CCC(C)C(C)N(C(=O)c1cccc(S(=O)(=O)N(C)c2ccccc2)c1)C1CC1. The van der Waals surface area contributed by atoms with Crippen molar-refractivity contribution in [1.29, 1.82) is 0 Å². The molecule has 0 spiro atoms. The molecule has 3 rings (SSSR count). The second-order valence-corrected chi connectivity index (χ2v) is 9.87. The number of sulfonamides is 1. The van der Waals surface area contributed by atoms with Gasteiger partial charge in [0.2, 0.25) is 0 Å². The van der Waals surface area contributed by atoms with Gasteiger partial charge in [0.05, 0.1) is 10.6 Å². The predicted octanol–water partition coefficient (Wildman–Crippen LogP) is 4.55. The zero-order valence-electron chi connectivity index (χ0n) is 17.6. The Morgan fingerprint density at radius 1 is 1.07 bits per heavy atom. The molecule has 2 aromatic carbocycles. The summed E-state index contributed by atoms with van der Waals surface area (Å²) in [6.07, 6.45) is 3.02. The number of carbonyl (C=O) groups excluding carboxylic acids is 1. The minimum atomic E-state index is -3.76. The standard InChI is InChI=1S/C23H30N2O3S/c1-5-17(2)18(3)25(21-14-15-21)23(26)19-10-9-13-22(16-19)29(27,28)24(4)20-11-7-6-8-12-20/h6-13,16-18,21H,5,14-15H2,1-4H3. The number of hydrogen-bond donors (Lipinski definition) is 0. The summed E-state index contributed by atoms with van der Waals surface area (Å²) in [7, 11) is -2.23. The van der Waals surface area contributed by atoms with Gasteiger partial charge in [-0.15, -0.1) is 0 Å². The van der Waals surface area contributed by atoms with Crippen LogP contribution in [0.15, 0.2) is 59.5 Å². The van der Waals surface area contributed by atoms with Gasteiger partial charge >= 0.3 is 0 Å². The molecule has 0 N–H and O–H groups in total. The molecule has 0 heterocycles. The summed E-state index contributed by atoms with van der Waals surface area (Å²) in [6, 6.07) is 15.7. The molecule has 6 heteroatoms. The highest BCUT2D eigenvalue weighted by Crippen LogP contribution is 2.33. The molecular weight excluding hydrogens is 384 g/mol. The topological polar surface area (TPSA) is 57.7 Å². The van der Waals surface area contributed by atoms with Crippen LogP contribution in [-0.2, 0) is 10.0 Å². The van der Waals surface area contributed by atoms with E-state index in [9.17, 15) is 13.2 Å². The van der Waals surface area contributed by atoms with Crippen molar-refractivity contribution < 1.29 is 13.2 Å². The highest BCUT2D eigenvalue weighted by molar-refractivity contribution is 7.92. The van der Waals surface area contributed by atoms with Crippen molar-refractivity contribution in [3.8, 4) is 0 Å². The highest BCUT2D eigenvalue weighted by atomic mass is 32.2. The smallest absolute Gasteiger partial charge is 0.264 e. The van der Waals surface area contributed by atoms with E-state index >= 15 is 0 Å². The fraction of sp³-hybridized carbons (Fsp3) is 0.435. The molecule has 0 radical (unpaired) electrons. The first-order chi connectivity index (χ1) is 13.8. The van der Waals surface area contributed by atoms with E-state index in [4.69, 9.17) is 0 Å². The summed E-state index contributed by atoms with van der Waals surface area (Å²) < 4.78 is 27.5. The summed E-state index contributed by atoms with van der Waals surface area (Å²) in [5.74, 6) is 0.301. The molecule has 1 fully saturated rings. The van der Waals surface area contributed by atoms with Crippen LogP contribution >= 0.6 is 0 Å². The Morgan fingerprint density at radius 3 is 2.31 bits per heavy atom. The Bertz CT molecular complexity index is 955. The van der Waals surface area contributed by atoms with Crippen LogP contribution in [0.4, 0.5) is 5.69 Å². The van der Waals surface area contributed by atoms with E-state index in [1.165, 1.54) is 17.4 Å². The maximum Gasteiger partial charge on any atom is 0.264 e. The molecule has 0 saturated heterocycles. The van der Waals surface area contributed by atoms with E-state index in [2.05, 4.69) is 20.8 Å². The van der Waals surface area contributed by atoms with Crippen molar-refractivity contribution in [1.82, 2.24) is 4.90 Å². The molecule has 1 aliphatic rings. The van der Waals surface area contributed by atoms with Crippen LogP contribution in [0.1, 0.15) is 50.4 Å². The molecule has 0 bridgehead atoms. The van der Waals surface area contributed by atoms with Crippen molar-refractivity contribution >= 4 is 21.6 Å². The van der Waals surface area contributed by atoms with Gasteiger partial charge < -0.3 is 4.90 Å². The molecule has 0 aliphatic heterocycles. The average molecular weight is 415 g/mol. The van der Waals surface area contributed by atoms with E-state index in [-0.39, 0.29) is 22.9 Å². The molecule has 2 aromatic rings. The molecule has 1 saturated carbocycles. The minimum Gasteiger partial charge on any atom is -0.333 e. The predicted molar refractivity (Wildman–Crippen MR) is 117 cm³/mol. The van der Waals surface area contributed by atoms with Crippen molar-refractivity contribution in [2.45, 2.75) is 57.0 Å². The fourth-order valence-corrected chi connectivity index (χ4v) is 4.77. The van der Waals surface area contributed by atoms with Crippen molar-refractivity contribution in [3.63, 3.8) is 0 Å². The second kappa shape index (κ2) is 8.57. The second-order valence-electron chi connectivity index (χ2n) is 7.91. The van der Waals surface area contributed by atoms with Gasteiger partial charge in [0.25, 0.3) is 15.9 Å². The molecule has 156 valence electrons. The molecule has 5 nitrogen and oxygen atoms in total. The Morgan fingerprint density at radius 2 is 1.72 bits per heavy atom. The fourth-order valence-electron chi connectivity index (χ4n) is 3.52. The first kappa shape index (κ1) is 21.4. The van der Waals surface area contributed by atoms with Gasteiger partial charge in [-0.2, -0.15) is 0 Å². The Hall–Kier alpha value is -2.34. The quantitative estimate of drug-likeness (QED) is 0.637. The molecule has 1 amide bonds. The van der Waals surface area contributed by atoms with Crippen LogP contribution in [0, 0.1) is 5.92 Å². The van der Waals surface area contributed by atoms with Gasteiger partial charge in [-0.25, -0.2) is 8.42 Å². The van der Waals surface area contributed by atoms with Gasteiger partial charge in [-0.05, 0) is 56.0 Å². The molecule has 2 atom stereocenters. The van der Waals surface area contributed by atoms with Crippen LogP contribution in [0.3, 0.4) is 0 Å². The van der Waals surface area contributed by atoms with E-state index in [0.29, 0.717) is 17.2 Å². The highest BCUT2D eigenvalue weighted by Gasteiger charge is 2.37. The number of carbonyl (C=O) groups is 1. The van der Waals surface area contributed by atoms with E-state index < -0.39 is 10.0 Å². The van der Waals surface area contributed by atoms with Crippen LogP contribution in [-0.4, -0.2) is 38.4 Å². The molecule has 2 unspecified atom stereocenters. The number of hydrogen-bond acceptors (Lipinski definition) is 3.